The third kappa shape index (κ3) is 11.0. The van der Waals surface area contributed by atoms with E-state index >= 15 is 0 Å². The minimum Gasteiger partial charge on any atom is -0.244 e. The highest BCUT2D eigenvalue weighted by atomic mass is 32.1. The highest BCUT2D eigenvalue weighted by Crippen LogP contribution is 2.45. The fourth-order valence-corrected chi connectivity index (χ4v) is 11.0. The fourth-order valence-electron chi connectivity index (χ4n) is 6.65. The summed E-state index contributed by atoms with van der Waals surface area (Å²) in [5.41, 5.74) is 4.75. The molecule has 0 spiro atoms. The molecule has 52 heavy (non-hydrogen) atoms. The maximum absolute atomic E-state index is 5.38. The van der Waals surface area contributed by atoms with Gasteiger partial charge in [0.25, 0.3) is 0 Å². The van der Waals surface area contributed by atoms with E-state index < -0.39 is 0 Å². The third-order valence-electron chi connectivity index (χ3n) is 9.61. The van der Waals surface area contributed by atoms with Crippen LogP contribution in [0.15, 0.2) is 73.1 Å². The van der Waals surface area contributed by atoms with Gasteiger partial charge in [-0.1, -0.05) is 164 Å². The van der Waals surface area contributed by atoms with Gasteiger partial charge in [0.15, 0.2) is 10.0 Å². The number of aromatic nitrogens is 4. The Kier molecular flexibility index (Phi) is 15.6. The maximum Gasteiger partial charge on any atom is 0.153 e. The Hall–Kier alpha value is -3.04. The zero-order valence-electron chi connectivity index (χ0n) is 31.1. The van der Waals surface area contributed by atoms with E-state index in [0.717, 1.165) is 32.9 Å². The summed E-state index contributed by atoms with van der Waals surface area (Å²) in [7, 11) is 0. The van der Waals surface area contributed by atoms with E-state index in [1.165, 1.54) is 145 Å². The van der Waals surface area contributed by atoms with Crippen molar-refractivity contribution in [2.75, 3.05) is 0 Å². The van der Waals surface area contributed by atoms with Gasteiger partial charge in [0.2, 0.25) is 0 Å². The molecule has 0 N–H and O–H groups in total. The molecule has 4 heterocycles. The molecule has 0 saturated heterocycles. The lowest BCUT2D eigenvalue weighted by Gasteiger charge is -2.02. The van der Waals surface area contributed by atoms with Crippen molar-refractivity contribution in [3.8, 4) is 50.7 Å². The summed E-state index contributed by atoms with van der Waals surface area (Å²) < 4.78 is 0. The summed E-state index contributed by atoms with van der Waals surface area (Å²) in [6.07, 6.45) is 27.1. The molecule has 8 heteroatoms. The maximum atomic E-state index is 5.38. The molecule has 0 amide bonds. The molecule has 2 aromatic carbocycles. The van der Waals surface area contributed by atoms with Crippen LogP contribution < -0.4 is 0 Å². The van der Waals surface area contributed by atoms with Crippen LogP contribution >= 0.6 is 45.3 Å². The lowest BCUT2D eigenvalue weighted by Crippen LogP contribution is -1.90. The number of nitrogens with zero attached hydrogens (tertiary/aromatic N) is 4. The zero-order valence-corrected chi connectivity index (χ0v) is 34.3. The van der Waals surface area contributed by atoms with Gasteiger partial charge in [-0.15, -0.1) is 45.3 Å². The van der Waals surface area contributed by atoms with E-state index in [2.05, 4.69) is 86.9 Å². The molecular weight excluding hydrogens is 713 g/mol. The number of thiazole rings is 4. The first kappa shape index (κ1) is 38.7. The van der Waals surface area contributed by atoms with Crippen LogP contribution in [0, 0.1) is 0 Å². The minimum atomic E-state index is 0.998. The van der Waals surface area contributed by atoms with Gasteiger partial charge >= 0.3 is 0 Å². The SMILES string of the molecule is CCCCCCCCCCc1nc(-c2nc(CCCCCCCCCC)c(-c3cnc(-c4ccccc4)s3)s2)sc1-c1cnc(-c2ccccc2)s1. The first-order valence-corrected chi connectivity index (χ1v) is 23.0. The van der Waals surface area contributed by atoms with Crippen LogP contribution in [-0.2, 0) is 12.8 Å². The second-order valence-corrected chi connectivity index (χ2v) is 17.9. The van der Waals surface area contributed by atoms with Gasteiger partial charge in [0, 0.05) is 23.5 Å². The molecule has 4 nitrogen and oxygen atoms in total. The van der Waals surface area contributed by atoms with Crippen LogP contribution in [0.5, 0.6) is 0 Å². The Bertz CT molecular complexity index is 1750. The Balaban J connectivity index is 1.25. The zero-order chi connectivity index (χ0) is 35.8. The van der Waals surface area contributed by atoms with E-state index in [0.29, 0.717) is 0 Å². The Labute approximate surface area is 327 Å². The van der Waals surface area contributed by atoms with Crippen LogP contribution in [0.1, 0.15) is 128 Å². The monoisotopic (exact) mass is 766 g/mol. The van der Waals surface area contributed by atoms with E-state index in [1.54, 1.807) is 22.7 Å². The van der Waals surface area contributed by atoms with Crippen molar-refractivity contribution in [1.82, 2.24) is 19.9 Å². The van der Waals surface area contributed by atoms with Gasteiger partial charge in [-0.2, -0.15) is 0 Å². The average molecular weight is 767 g/mol. The van der Waals surface area contributed by atoms with E-state index in [-0.39, 0.29) is 0 Å². The Morgan fingerprint density at radius 3 is 1.15 bits per heavy atom. The van der Waals surface area contributed by atoms with E-state index in [9.17, 15) is 0 Å². The quantitative estimate of drug-likeness (QED) is 0.0609. The van der Waals surface area contributed by atoms with Crippen LogP contribution in [-0.4, -0.2) is 19.9 Å². The van der Waals surface area contributed by atoms with Gasteiger partial charge in [-0.05, 0) is 25.7 Å². The van der Waals surface area contributed by atoms with Crippen molar-refractivity contribution in [1.29, 1.82) is 0 Å². The van der Waals surface area contributed by atoms with Crippen LogP contribution in [0.2, 0.25) is 0 Å². The molecule has 0 aliphatic carbocycles. The van der Waals surface area contributed by atoms with Gasteiger partial charge < -0.3 is 0 Å². The van der Waals surface area contributed by atoms with Crippen molar-refractivity contribution in [3.63, 3.8) is 0 Å². The molecular formula is C44H54N4S4. The van der Waals surface area contributed by atoms with Crippen molar-refractivity contribution >= 4 is 45.3 Å². The highest BCUT2D eigenvalue weighted by Gasteiger charge is 2.22. The van der Waals surface area contributed by atoms with Crippen molar-refractivity contribution in [2.24, 2.45) is 0 Å². The summed E-state index contributed by atoms with van der Waals surface area (Å²) in [4.78, 5) is 25.4. The predicted molar refractivity (Wildman–Crippen MR) is 229 cm³/mol. The number of aryl methyl sites for hydroxylation is 2. The summed E-state index contributed by atoms with van der Waals surface area (Å²) in [5, 5.41) is 4.21. The largest absolute Gasteiger partial charge is 0.244 e. The smallest absolute Gasteiger partial charge is 0.153 e. The van der Waals surface area contributed by atoms with Crippen molar-refractivity contribution in [2.45, 2.75) is 129 Å². The molecule has 0 saturated carbocycles. The molecule has 6 aromatic rings. The van der Waals surface area contributed by atoms with Gasteiger partial charge in [0.05, 0.1) is 30.9 Å². The molecule has 0 fully saturated rings. The van der Waals surface area contributed by atoms with E-state index in [4.69, 9.17) is 19.9 Å². The Morgan fingerprint density at radius 1 is 0.404 bits per heavy atom. The molecule has 274 valence electrons. The number of hydrogen-bond acceptors (Lipinski definition) is 8. The number of rotatable bonds is 23. The van der Waals surface area contributed by atoms with Crippen LogP contribution in [0.3, 0.4) is 0 Å². The van der Waals surface area contributed by atoms with Crippen molar-refractivity contribution in [3.05, 3.63) is 84.4 Å². The molecule has 0 aliphatic rings. The molecule has 0 unspecified atom stereocenters. The summed E-state index contributed by atoms with van der Waals surface area (Å²) in [6.45, 7) is 4.58. The first-order chi connectivity index (χ1) is 25.7. The molecule has 0 radical (unpaired) electrons. The normalized spacial score (nSPS) is 11.5. The lowest BCUT2D eigenvalue weighted by molar-refractivity contribution is 0.574. The molecule has 6 rings (SSSR count). The summed E-state index contributed by atoms with van der Waals surface area (Å²) >= 11 is 7.17. The van der Waals surface area contributed by atoms with Crippen LogP contribution in [0.4, 0.5) is 0 Å². The van der Waals surface area contributed by atoms with Gasteiger partial charge in [-0.3, -0.25) is 0 Å². The Morgan fingerprint density at radius 2 is 0.769 bits per heavy atom. The molecule has 0 atom stereocenters. The molecule has 0 aliphatic heterocycles. The van der Waals surface area contributed by atoms with Gasteiger partial charge in [-0.25, -0.2) is 19.9 Å². The lowest BCUT2D eigenvalue weighted by atomic mass is 10.1. The number of hydrogen-bond donors (Lipinski definition) is 0. The fraction of sp³-hybridized carbons (Fsp3) is 0.455. The van der Waals surface area contributed by atoms with Crippen molar-refractivity contribution < 1.29 is 0 Å². The summed E-state index contributed by atoms with van der Waals surface area (Å²) in [6, 6.07) is 21.1. The van der Waals surface area contributed by atoms with E-state index in [1.807, 2.05) is 22.7 Å². The minimum absolute atomic E-state index is 0.998. The second-order valence-electron chi connectivity index (χ2n) is 13.8. The van der Waals surface area contributed by atoms with Gasteiger partial charge in [0.1, 0.15) is 10.0 Å². The number of unbranched alkanes of at least 4 members (excludes halogenated alkanes) is 14. The summed E-state index contributed by atoms with van der Waals surface area (Å²) in [5.74, 6) is 0. The predicted octanol–water partition coefficient (Wildman–Crippen LogP) is 15.2. The van der Waals surface area contributed by atoms with Crippen LogP contribution in [0.25, 0.3) is 50.7 Å². The number of benzene rings is 2. The first-order valence-electron chi connectivity index (χ1n) is 19.8. The molecule has 4 aromatic heterocycles. The average Bonchev–Trinajstić information content (AvgIpc) is 4.01. The highest BCUT2D eigenvalue weighted by molar-refractivity contribution is 7.28. The third-order valence-corrected chi connectivity index (χ3v) is 14.4. The standard InChI is InChI=1S/C44H54N4S4/c1-3-5-7-9-11-13-15-23-29-35-39(37-31-45-41(49-37)33-25-19-17-20-26-33)51-43(47-35)44-48-36(30-24-16-14-12-10-8-6-4-2)40(52-44)38-32-46-42(50-38)34-27-21-18-22-28-34/h17-22,25-28,31-32H,3-16,23-24,29-30H2,1-2H3. The second kappa shape index (κ2) is 21.0. The molecule has 0 bridgehead atoms. The topological polar surface area (TPSA) is 51.6 Å².